The summed E-state index contributed by atoms with van der Waals surface area (Å²) < 4.78 is 23.9. The number of nitriles is 1. The first-order valence-corrected chi connectivity index (χ1v) is 5.31. The van der Waals surface area contributed by atoms with Gasteiger partial charge in [0.25, 0.3) is 0 Å². The van der Waals surface area contributed by atoms with Crippen LogP contribution in [0.5, 0.6) is 0 Å². The third-order valence-corrected chi connectivity index (χ3v) is 3.16. The van der Waals surface area contributed by atoms with E-state index in [0.717, 1.165) is 10.9 Å². The zero-order valence-electron chi connectivity index (χ0n) is 7.61. The molecule has 15 heavy (non-hydrogen) atoms. The van der Waals surface area contributed by atoms with E-state index in [1.54, 1.807) is 0 Å². The van der Waals surface area contributed by atoms with Crippen LogP contribution in [-0.2, 0) is 16.9 Å². The molecule has 0 bridgehead atoms. The van der Waals surface area contributed by atoms with Crippen LogP contribution in [0.1, 0.15) is 0 Å². The van der Waals surface area contributed by atoms with Crippen LogP contribution in [-0.4, -0.2) is 28.6 Å². The number of nitrogens with zero attached hydrogens (tertiary/aromatic N) is 4. The Labute approximate surface area is 84.8 Å². The van der Waals surface area contributed by atoms with Gasteiger partial charge in [0.15, 0.2) is 0 Å². The summed E-state index contributed by atoms with van der Waals surface area (Å²) in [5.41, 5.74) is 0. The van der Waals surface area contributed by atoms with Gasteiger partial charge in [-0.2, -0.15) is 5.26 Å². The summed E-state index contributed by atoms with van der Waals surface area (Å²) in [5.74, 6) is -1.57. The highest BCUT2D eigenvalue weighted by Crippen LogP contribution is 2.21. The number of rotatable bonds is 3. The number of aromatic nitrogens is 2. The maximum atomic E-state index is 11.5. The van der Waals surface area contributed by atoms with Gasteiger partial charge in [-0.3, -0.25) is 4.57 Å². The Morgan fingerprint density at radius 1 is 1.73 bits per heavy atom. The van der Waals surface area contributed by atoms with Gasteiger partial charge in [0.1, 0.15) is 5.75 Å². The average Bonchev–Trinajstić information content (AvgIpc) is 2.47. The highest BCUT2D eigenvalue weighted by molar-refractivity contribution is 7.91. The van der Waals surface area contributed by atoms with E-state index in [2.05, 4.69) is 4.98 Å². The molecule has 0 saturated heterocycles. The van der Waals surface area contributed by atoms with Gasteiger partial charge in [0, 0.05) is 7.05 Å². The zero-order valence-corrected chi connectivity index (χ0v) is 8.43. The standard InChI is InChI=1S/C6H6N4O4S/c1-9-4-8-5(10(11)12)6(9)15(13,14)3-2-7/h4H,3H2,1H3. The van der Waals surface area contributed by atoms with E-state index in [0.29, 0.717) is 0 Å². The largest absolute Gasteiger partial charge is 0.401 e. The second-order valence-electron chi connectivity index (χ2n) is 2.66. The molecule has 0 atom stereocenters. The fourth-order valence-electron chi connectivity index (χ4n) is 1.04. The smallest absolute Gasteiger partial charge is 0.358 e. The Bertz CT molecular complexity index is 538. The van der Waals surface area contributed by atoms with Crippen molar-refractivity contribution in [2.45, 2.75) is 5.03 Å². The van der Waals surface area contributed by atoms with E-state index < -0.39 is 31.4 Å². The molecule has 0 aliphatic rings. The number of hydrogen-bond acceptors (Lipinski definition) is 6. The quantitative estimate of drug-likeness (QED) is 0.516. The average molecular weight is 230 g/mol. The predicted molar refractivity (Wildman–Crippen MR) is 47.5 cm³/mol. The molecule has 8 nitrogen and oxygen atoms in total. The molecule has 0 N–H and O–H groups in total. The normalized spacial score (nSPS) is 10.9. The van der Waals surface area contributed by atoms with Crippen LogP contribution >= 0.6 is 0 Å². The lowest BCUT2D eigenvalue weighted by Gasteiger charge is -1.99. The van der Waals surface area contributed by atoms with Crippen LogP contribution in [0.15, 0.2) is 11.4 Å². The molecule has 0 spiro atoms. The molecule has 0 saturated carbocycles. The molecule has 0 fully saturated rings. The van der Waals surface area contributed by atoms with E-state index in [1.165, 1.54) is 13.1 Å². The molecular weight excluding hydrogens is 224 g/mol. The third kappa shape index (κ3) is 1.94. The first-order valence-electron chi connectivity index (χ1n) is 3.65. The first-order chi connectivity index (χ1) is 6.90. The minimum Gasteiger partial charge on any atom is -0.358 e. The Kier molecular flexibility index (Phi) is 2.71. The Morgan fingerprint density at radius 2 is 2.33 bits per heavy atom. The van der Waals surface area contributed by atoms with Gasteiger partial charge in [-0.1, -0.05) is 0 Å². The van der Waals surface area contributed by atoms with E-state index in [4.69, 9.17) is 5.26 Å². The van der Waals surface area contributed by atoms with Crippen molar-refractivity contribution in [3.05, 3.63) is 16.4 Å². The molecule has 0 aliphatic heterocycles. The summed E-state index contributed by atoms with van der Waals surface area (Å²) in [7, 11) is -2.67. The van der Waals surface area contributed by atoms with Crippen LogP contribution in [0, 0.1) is 21.4 Å². The molecule has 0 radical (unpaired) electrons. The minimum atomic E-state index is -3.98. The molecule has 0 aromatic carbocycles. The molecule has 0 amide bonds. The molecule has 9 heteroatoms. The second kappa shape index (κ2) is 3.66. The van der Waals surface area contributed by atoms with Crippen LogP contribution in [0.25, 0.3) is 0 Å². The van der Waals surface area contributed by atoms with Crippen molar-refractivity contribution < 1.29 is 13.3 Å². The fourth-order valence-corrected chi connectivity index (χ4v) is 2.24. The van der Waals surface area contributed by atoms with Crippen molar-refractivity contribution in [2.24, 2.45) is 7.05 Å². The van der Waals surface area contributed by atoms with Crippen molar-refractivity contribution in [1.29, 1.82) is 5.26 Å². The molecule has 0 unspecified atom stereocenters. The van der Waals surface area contributed by atoms with Crippen molar-refractivity contribution >= 4 is 15.7 Å². The van der Waals surface area contributed by atoms with Crippen molar-refractivity contribution in [3.63, 3.8) is 0 Å². The number of aryl methyl sites for hydroxylation is 1. The number of imidazole rings is 1. The number of hydrogen-bond donors (Lipinski definition) is 0. The van der Waals surface area contributed by atoms with Gasteiger partial charge >= 0.3 is 5.82 Å². The molecule has 80 valence electrons. The lowest BCUT2D eigenvalue weighted by molar-refractivity contribution is -0.392. The summed E-state index contributed by atoms with van der Waals surface area (Å²) in [5, 5.41) is 18.2. The fraction of sp³-hybridized carbons (Fsp3) is 0.333. The lowest BCUT2D eigenvalue weighted by atomic mass is 10.8. The maximum absolute atomic E-state index is 11.5. The second-order valence-corrected chi connectivity index (χ2v) is 4.56. The highest BCUT2D eigenvalue weighted by atomic mass is 32.2. The zero-order chi connectivity index (χ0) is 11.6. The monoisotopic (exact) mass is 230 g/mol. The Balaban J connectivity index is 3.44. The summed E-state index contributed by atoms with van der Waals surface area (Å²) in [4.78, 5) is 12.9. The van der Waals surface area contributed by atoms with Crippen LogP contribution < -0.4 is 0 Å². The Morgan fingerprint density at radius 3 is 2.80 bits per heavy atom. The first kappa shape index (κ1) is 11.1. The Hall–Kier alpha value is -1.95. The van der Waals surface area contributed by atoms with E-state index in [1.807, 2.05) is 0 Å². The van der Waals surface area contributed by atoms with Crippen molar-refractivity contribution in [2.75, 3.05) is 5.75 Å². The highest BCUT2D eigenvalue weighted by Gasteiger charge is 2.31. The third-order valence-electron chi connectivity index (χ3n) is 1.59. The summed E-state index contributed by atoms with van der Waals surface area (Å²) in [6.07, 6.45) is 1.02. The van der Waals surface area contributed by atoms with Gasteiger partial charge < -0.3 is 10.1 Å². The van der Waals surface area contributed by atoms with Gasteiger partial charge in [0.05, 0.1) is 6.07 Å². The maximum Gasteiger partial charge on any atom is 0.401 e. The minimum absolute atomic E-state index is 0.547. The van der Waals surface area contributed by atoms with Gasteiger partial charge in [-0.25, -0.2) is 8.42 Å². The lowest BCUT2D eigenvalue weighted by Crippen LogP contribution is -2.11. The molecule has 1 heterocycles. The van der Waals surface area contributed by atoms with Crippen molar-refractivity contribution in [1.82, 2.24) is 9.55 Å². The molecular formula is C6H6N4O4S. The van der Waals surface area contributed by atoms with E-state index in [-0.39, 0.29) is 0 Å². The summed E-state index contributed by atoms with van der Waals surface area (Å²) in [6, 6.07) is 1.44. The van der Waals surface area contributed by atoms with Gasteiger partial charge in [-0.05, 0) is 9.91 Å². The van der Waals surface area contributed by atoms with Gasteiger partial charge in [-0.15, -0.1) is 0 Å². The van der Waals surface area contributed by atoms with Gasteiger partial charge in [0.2, 0.25) is 21.2 Å². The summed E-state index contributed by atoms with van der Waals surface area (Å²) >= 11 is 0. The van der Waals surface area contributed by atoms with E-state index in [9.17, 15) is 18.5 Å². The number of sulfone groups is 1. The van der Waals surface area contributed by atoms with Crippen LogP contribution in [0.2, 0.25) is 0 Å². The topological polar surface area (TPSA) is 119 Å². The predicted octanol–water partition coefficient (Wildman–Crippen LogP) is -0.374. The SMILES string of the molecule is Cn1cnc([N+](=O)[O-])c1S(=O)(=O)CC#N. The molecule has 0 aliphatic carbocycles. The van der Waals surface area contributed by atoms with Crippen molar-refractivity contribution in [3.8, 4) is 6.07 Å². The molecule has 1 aromatic heterocycles. The number of nitro groups is 1. The van der Waals surface area contributed by atoms with E-state index >= 15 is 0 Å². The van der Waals surface area contributed by atoms with Crippen LogP contribution in [0.4, 0.5) is 5.82 Å². The molecule has 1 rings (SSSR count). The summed E-state index contributed by atoms with van der Waals surface area (Å²) in [6.45, 7) is 0. The van der Waals surface area contributed by atoms with Crippen LogP contribution in [0.3, 0.4) is 0 Å². The molecule has 1 aromatic rings.